The van der Waals surface area contributed by atoms with Crippen molar-refractivity contribution in [2.24, 2.45) is 0 Å². The first-order valence-corrected chi connectivity index (χ1v) is 6.65. The predicted molar refractivity (Wildman–Crippen MR) is 70.4 cm³/mol. The molecular weight excluding hydrogens is 266 g/mol. The first-order valence-electron chi connectivity index (χ1n) is 6.65. The van der Waals surface area contributed by atoms with Gasteiger partial charge < -0.3 is 25.4 Å². The molecule has 1 heterocycles. The van der Waals surface area contributed by atoms with Gasteiger partial charge in [-0.1, -0.05) is 0 Å². The lowest BCUT2D eigenvalue weighted by Crippen LogP contribution is -2.51. The molecule has 0 spiro atoms. The zero-order valence-electron chi connectivity index (χ0n) is 11.7. The second-order valence-corrected chi connectivity index (χ2v) is 4.64. The van der Waals surface area contributed by atoms with Crippen molar-refractivity contribution in [1.29, 1.82) is 0 Å². The number of rotatable bonds is 4. The van der Waals surface area contributed by atoms with Gasteiger partial charge in [0.25, 0.3) is 0 Å². The van der Waals surface area contributed by atoms with Gasteiger partial charge in [-0.2, -0.15) is 0 Å². The van der Waals surface area contributed by atoms with E-state index in [9.17, 15) is 14.4 Å². The van der Waals surface area contributed by atoms with E-state index in [1.807, 2.05) is 0 Å². The summed E-state index contributed by atoms with van der Waals surface area (Å²) in [6.45, 7) is 4.51. The maximum Gasteiger partial charge on any atom is 0.409 e. The summed E-state index contributed by atoms with van der Waals surface area (Å²) < 4.78 is 4.90. The maximum atomic E-state index is 11.6. The Hall–Kier alpha value is -1.99. The Bertz CT molecular complexity index is 366. The van der Waals surface area contributed by atoms with Gasteiger partial charge >= 0.3 is 18.1 Å². The number of nitrogens with zero attached hydrogens (tertiary/aromatic N) is 1. The summed E-state index contributed by atoms with van der Waals surface area (Å²) in [6, 6.07) is -1.51. The van der Waals surface area contributed by atoms with Gasteiger partial charge in [0.15, 0.2) is 0 Å². The highest BCUT2D eigenvalue weighted by molar-refractivity contribution is 5.82. The quantitative estimate of drug-likeness (QED) is 0.692. The molecule has 0 aromatic carbocycles. The van der Waals surface area contributed by atoms with Crippen molar-refractivity contribution >= 4 is 18.1 Å². The van der Waals surface area contributed by atoms with E-state index in [1.165, 1.54) is 6.92 Å². The van der Waals surface area contributed by atoms with Crippen LogP contribution in [0, 0.1) is 0 Å². The van der Waals surface area contributed by atoms with Gasteiger partial charge in [0.05, 0.1) is 6.61 Å². The number of carbonyl (C=O) groups excluding carboxylic acids is 2. The lowest BCUT2D eigenvalue weighted by molar-refractivity contribution is -0.138. The molecule has 0 aromatic rings. The minimum absolute atomic E-state index is 0.0679. The van der Waals surface area contributed by atoms with Crippen molar-refractivity contribution < 1.29 is 24.2 Å². The van der Waals surface area contributed by atoms with Crippen LogP contribution in [0.5, 0.6) is 0 Å². The van der Waals surface area contributed by atoms with Crippen LogP contribution in [0.3, 0.4) is 0 Å². The Labute approximate surface area is 117 Å². The molecule has 114 valence electrons. The van der Waals surface area contributed by atoms with E-state index >= 15 is 0 Å². The van der Waals surface area contributed by atoms with Crippen LogP contribution in [0.2, 0.25) is 0 Å². The van der Waals surface area contributed by atoms with Crippen LogP contribution < -0.4 is 10.6 Å². The standard InChI is InChI=1S/C12H21N3O5/c1-3-20-12(19)15-6-4-9(5-7-15)14-11(18)13-8(2)10(16)17/h8-9H,3-7H2,1-2H3,(H,16,17)(H2,13,14,18). The maximum absolute atomic E-state index is 11.6. The number of nitrogens with one attached hydrogen (secondary N) is 2. The Morgan fingerprint density at radius 1 is 1.35 bits per heavy atom. The van der Waals surface area contributed by atoms with Gasteiger partial charge in [-0.3, -0.25) is 4.79 Å². The number of hydrogen-bond acceptors (Lipinski definition) is 4. The molecule has 20 heavy (non-hydrogen) atoms. The molecular formula is C12H21N3O5. The van der Waals surface area contributed by atoms with Gasteiger partial charge in [-0.05, 0) is 26.7 Å². The molecule has 1 saturated heterocycles. The molecule has 0 saturated carbocycles. The van der Waals surface area contributed by atoms with Crippen LogP contribution in [-0.4, -0.2) is 59.9 Å². The lowest BCUT2D eigenvalue weighted by Gasteiger charge is -2.31. The normalized spacial score (nSPS) is 17.2. The van der Waals surface area contributed by atoms with Crippen LogP contribution in [0.4, 0.5) is 9.59 Å². The van der Waals surface area contributed by atoms with E-state index in [1.54, 1.807) is 11.8 Å². The highest BCUT2D eigenvalue weighted by atomic mass is 16.6. The van der Waals surface area contributed by atoms with Crippen molar-refractivity contribution in [3.8, 4) is 0 Å². The molecule has 1 unspecified atom stereocenters. The van der Waals surface area contributed by atoms with Crippen molar-refractivity contribution in [1.82, 2.24) is 15.5 Å². The predicted octanol–water partition coefficient (Wildman–Crippen LogP) is 0.380. The van der Waals surface area contributed by atoms with Crippen LogP contribution in [0.15, 0.2) is 0 Å². The third-order valence-corrected chi connectivity index (χ3v) is 3.07. The van der Waals surface area contributed by atoms with Gasteiger partial charge in [0, 0.05) is 19.1 Å². The van der Waals surface area contributed by atoms with Crippen LogP contribution in [0.1, 0.15) is 26.7 Å². The average molecular weight is 287 g/mol. The van der Waals surface area contributed by atoms with E-state index < -0.39 is 18.0 Å². The van der Waals surface area contributed by atoms with Gasteiger partial charge in [0.1, 0.15) is 6.04 Å². The molecule has 0 aromatic heterocycles. The van der Waals surface area contributed by atoms with Crippen LogP contribution in [0.25, 0.3) is 0 Å². The number of carboxylic acid groups (broad SMARTS) is 1. The molecule has 8 heteroatoms. The fourth-order valence-electron chi connectivity index (χ4n) is 1.91. The molecule has 1 fully saturated rings. The zero-order chi connectivity index (χ0) is 15.1. The molecule has 3 N–H and O–H groups in total. The molecule has 8 nitrogen and oxygen atoms in total. The number of aliphatic carboxylic acids is 1. The summed E-state index contributed by atoms with van der Waals surface area (Å²) in [5.41, 5.74) is 0. The smallest absolute Gasteiger partial charge is 0.409 e. The molecule has 3 amide bonds. The van der Waals surface area contributed by atoms with Crippen LogP contribution >= 0.6 is 0 Å². The summed E-state index contributed by atoms with van der Waals surface area (Å²) in [5, 5.41) is 13.7. The molecule has 1 aliphatic heterocycles. The van der Waals surface area contributed by atoms with E-state index in [0.29, 0.717) is 32.5 Å². The minimum atomic E-state index is -1.09. The van der Waals surface area contributed by atoms with Crippen molar-refractivity contribution in [2.45, 2.75) is 38.8 Å². The molecule has 1 atom stereocenters. The largest absolute Gasteiger partial charge is 0.480 e. The Kier molecular flexibility index (Phi) is 6.08. The second kappa shape index (κ2) is 7.56. The number of piperidine rings is 1. The van der Waals surface area contributed by atoms with Crippen molar-refractivity contribution in [3.63, 3.8) is 0 Å². The number of urea groups is 1. The Morgan fingerprint density at radius 2 is 1.95 bits per heavy atom. The third-order valence-electron chi connectivity index (χ3n) is 3.07. The van der Waals surface area contributed by atoms with E-state index in [4.69, 9.17) is 9.84 Å². The Balaban J connectivity index is 2.30. The number of carboxylic acids is 1. The fourth-order valence-corrected chi connectivity index (χ4v) is 1.91. The molecule has 0 aliphatic carbocycles. The van der Waals surface area contributed by atoms with Gasteiger partial charge in [0.2, 0.25) is 0 Å². The van der Waals surface area contributed by atoms with E-state index in [-0.39, 0.29) is 12.1 Å². The number of hydrogen-bond donors (Lipinski definition) is 3. The summed E-state index contributed by atoms with van der Waals surface area (Å²) in [7, 11) is 0. The first kappa shape index (κ1) is 16.1. The molecule has 1 aliphatic rings. The first-order chi connectivity index (χ1) is 9.43. The SMILES string of the molecule is CCOC(=O)N1CCC(NC(=O)NC(C)C(=O)O)CC1. The topological polar surface area (TPSA) is 108 Å². The summed E-state index contributed by atoms with van der Waals surface area (Å²) in [6.07, 6.45) is 0.899. The number of likely N-dealkylation sites (tertiary alicyclic amines) is 1. The fraction of sp³-hybridized carbons (Fsp3) is 0.750. The summed E-state index contributed by atoms with van der Waals surface area (Å²) in [4.78, 5) is 35.2. The average Bonchev–Trinajstić information content (AvgIpc) is 2.39. The van der Waals surface area contributed by atoms with Crippen molar-refractivity contribution in [3.05, 3.63) is 0 Å². The number of amides is 3. The number of carbonyl (C=O) groups is 3. The molecule has 1 rings (SSSR count). The van der Waals surface area contributed by atoms with Gasteiger partial charge in [-0.15, -0.1) is 0 Å². The third kappa shape index (κ3) is 4.94. The van der Waals surface area contributed by atoms with Gasteiger partial charge in [-0.25, -0.2) is 9.59 Å². The van der Waals surface area contributed by atoms with E-state index in [0.717, 1.165) is 0 Å². The van der Waals surface area contributed by atoms with Crippen LogP contribution in [-0.2, 0) is 9.53 Å². The number of ether oxygens (including phenoxy) is 1. The van der Waals surface area contributed by atoms with E-state index in [2.05, 4.69) is 10.6 Å². The summed E-state index contributed by atoms with van der Waals surface area (Å²) in [5.74, 6) is -1.09. The summed E-state index contributed by atoms with van der Waals surface area (Å²) >= 11 is 0. The Morgan fingerprint density at radius 3 is 2.45 bits per heavy atom. The molecule has 0 radical (unpaired) electrons. The monoisotopic (exact) mass is 287 g/mol. The minimum Gasteiger partial charge on any atom is -0.480 e. The zero-order valence-corrected chi connectivity index (χ0v) is 11.7. The molecule has 0 bridgehead atoms. The van der Waals surface area contributed by atoms with Crippen molar-refractivity contribution in [2.75, 3.05) is 19.7 Å². The highest BCUT2D eigenvalue weighted by Crippen LogP contribution is 2.11. The lowest BCUT2D eigenvalue weighted by atomic mass is 10.1. The highest BCUT2D eigenvalue weighted by Gasteiger charge is 2.25. The second-order valence-electron chi connectivity index (χ2n) is 4.64.